The first-order valence-corrected chi connectivity index (χ1v) is 9.40. The number of hydrazone groups is 1. The van der Waals surface area contributed by atoms with Crippen LogP contribution in [0.4, 0.5) is 5.69 Å². The minimum Gasteiger partial charge on any atom is -0.497 e. The van der Waals surface area contributed by atoms with E-state index in [9.17, 15) is 9.59 Å². The van der Waals surface area contributed by atoms with Gasteiger partial charge in [0.05, 0.1) is 18.8 Å². The minimum absolute atomic E-state index is 0.113. The molecule has 0 fully saturated rings. The molecule has 0 bridgehead atoms. The number of carbonyl (C=O) groups is 2. The highest BCUT2D eigenvalue weighted by molar-refractivity contribution is 6.40. The monoisotopic (exact) mass is 379 g/mol. The first-order valence-electron chi connectivity index (χ1n) is 9.40. The van der Waals surface area contributed by atoms with Crippen LogP contribution in [0, 0.1) is 5.92 Å². The number of methoxy groups -OCH3 is 1. The second-order valence-corrected chi connectivity index (χ2v) is 7.06. The summed E-state index contributed by atoms with van der Waals surface area (Å²) in [6, 6.07) is 16.7. The molecule has 1 unspecified atom stereocenters. The van der Waals surface area contributed by atoms with Crippen LogP contribution in [0.3, 0.4) is 0 Å². The Kier molecular flexibility index (Phi) is 6.09. The van der Waals surface area contributed by atoms with Crippen molar-refractivity contribution < 1.29 is 14.3 Å². The van der Waals surface area contributed by atoms with E-state index < -0.39 is 0 Å². The molecule has 0 saturated heterocycles. The Morgan fingerprint density at radius 1 is 1.07 bits per heavy atom. The van der Waals surface area contributed by atoms with Gasteiger partial charge in [0.1, 0.15) is 11.5 Å². The molecule has 2 aromatic carbocycles. The highest BCUT2D eigenvalue weighted by atomic mass is 16.5. The van der Waals surface area contributed by atoms with Gasteiger partial charge in [0.2, 0.25) is 5.91 Å². The van der Waals surface area contributed by atoms with Gasteiger partial charge in [-0.05, 0) is 35.7 Å². The summed E-state index contributed by atoms with van der Waals surface area (Å²) in [7, 11) is 1.62. The maximum absolute atomic E-state index is 12.9. The molecule has 2 aromatic rings. The minimum atomic E-state index is -0.247. The van der Waals surface area contributed by atoms with E-state index in [1.807, 2.05) is 42.5 Å². The fourth-order valence-corrected chi connectivity index (χ4v) is 3.16. The lowest BCUT2D eigenvalue weighted by atomic mass is 9.95. The van der Waals surface area contributed by atoms with Crippen molar-refractivity contribution in [3.63, 3.8) is 0 Å². The van der Waals surface area contributed by atoms with Crippen LogP contribution >= 0.6 is 0 Å². The lowest BCUT2D eigenvalue weighted by molar-refractivity contribution is -0.119. The Morgan fingerprint density at radius 3 is 2.36 bits per heavy atom. The number of para-hydroxylation sites is 1. The molecular weight excluding hydrogens is 354 g/mol. The number of nitrogens with zero attached hydrogens (tertiary/aromatic N) is 2. The Labute approximate surface area is 165 Å². The predicted molar refractivity (Wildman–Crippen MR) is 109 cm³/mol. The first kappa shape index (κ1) is 19.6. The molecule has 1 aliphatic heterocycles. The summed E-state index contributed by atoms with van der Waals surface area (Å²) in [5.74, 6) is 0.598. The van der Waals surface area contributed by atoms with E-state index in [1.165, 1.54) is 5.01 Å². The Bertz CT molecular complexity index is 860. The number of rotatable bonds is 6. The van der Waals surface area contributed by atoms with Crippen molar-refractivity contribution in [2.45, 2.75) is 32.7 Å². The number of carbonyl (C=O) groups excluding carboxylic acids is 2. The van der Waals surface area contributed by atoms with E-state index in [2.05, 4.69) is 24.3 Å². The molecule has 1 aliphatic rings. The van der Waals surface area contributed by atoms with Crippen LogP contribution in [0.25, 0.3) is 0 Å². The zero-order valence-electron chi connectivity index (χ0n) is 16.4. The fraction of sp³-hybridized carbons (Fsp3) is 0.318. The standard InChI is InChI=1S/C22H25N3O3/c1-15(2)21(16-9-11-18(28-3)12-10-16)23-22(27)19-13-14-20(26)25(24-19)17-7-5-4-6-8-17/h4-12,15,21H,13-14H2,1-3H3,(H,23,27). The largest absolute Gasteiger partial charge is 0.497 e. The van der Waals surface area contributed by atoms with Crippen LogP contribution in [-0.2, 0) is 9.59 Å². The van der Waals surface area contributed by atoms with Crippen molar-refractivity contribution in [3.05, 3.63) is 60.2 Å². The number of hydrogen-bond donors (Lipinski definition) is 1. The highest BCUT2D eigenvalue weighted by Gasteiger charge is 2.27. The zero-order valence-corrected chi connectivity index (χ0v) is 16.4. The Morgan fingerprint density at radius 2 is 1.75 bits per heavy atom. The number of amides is 2. The number of benzene rings is 2. The van der Waals surface area contributed by atoms with E-state index in [-0.39, 0.29) is 30.2 Å². The molecule has 2 amide bonds. The normalized spacial score (nSPS) is 15.2. The summed E-state index contributed by atoms with van der Waals surface area (Å²) in [6.45, 7) is 4.11. The maximum Gasteiger partial charge on any atom is 0.268 e. The van der Waals surface area contributed by atoms with Gasteiger partial charge in [-0.15, -0.1) is 0 Å². The summed E-state index contributed by atoms with van der Waals surface area (Å²) in [6.07, 6.45) is 0.595. The third-order valence-electron chi connectivity index (χ3n) is 4.72. The lowest BCUT2D eigenvalue weighted by Crippen LogP contribution is -2.41. The quantitative estimate of drug-likeness (QED) is 0.832. The number of hydrogen-bond acceptors (Lipinski definition) is 4. The molecule has 1 N–H and O–H groups in total. The highest BCUT2D eigenvalue weighted by Crippen LogP contribution is 2.25. The Hall–Kier alpha value is -3.15. The lowest BCUT2D eigenvalue weighted by Gasteiger charge is -2.26. The van der Waals surface area contributed by atoms with Crippen LogP contribution in [-0.4, -0.2) is 24.6 Å². The van der Waals surface area contributed by atoms with E-state index in [0.717, 1.165) is 11.3 Å². The molecule has 3 rings (SSSR count). The van der Waals surface area contributed by atoms with Gasteiger partial charge in [-0.2, -0.15) is 5.10 Å². The molecule has 0 aromatic heterocycles. The maximum atomic E-state index is 12.9. The Balaban J connectivity index is 1.80. The van der Waals surface area contributed by atoms with Crippen molar-refractivity contribution in [3.8, 4) is 5.75 Å². The molecular formula is C22H25N3O3. The van der Waals surface area contributed by atoms with Gasteiger partial charge < -0.3 is 10.1 Å². The topological polar surface area (TPSA) is 71.0 Å². The molecule has 6 nitrogen and oxygen atoms in total. The second-order valence-electron chi connectivity index (χ2n) is 7.06. The summed E-state index contributed by atoms with van der Waals surface area (Å²) >= 11 is 0. The fourth-order valence-electron chi connectivity index (χ4n) is 3.16. The SMILES string of the molecule is COc1ccc(C(NC(=O)C2=NN(c3ccccc3)C(=O)CC2)C(C)C)cc1. The van der Waals surface area contributed by atoms with Gasteiger partial charge in [0.25, 0.3) is 5.91 Å². The molecule has 0 aliphatic carbocycles. The predicted octanol–water partition coefficient (Wildman–Crippen LogP) is 3.69. The van der Waals surface area contributed by atoms with Crippen LogP contribution < -0.4 is 15.1 Å². The molecule has 1 atom stereocenters. The van der Waals surface area contributed by atoms with Gasteiger partial charge >= 0.3 is 0 Å². The van der Waals surface area contributed by atoms with Gasteiger partial charge in [0.15, 0.2) is 0 Å². The van der Waals surface area contributed by atoms with Crippen molar-refractivity contribution in [1.82, 2.24) is 5.32 Å². The molecule has 0 saturated carbocycles. The molecule has 0 radical (unpaired) electrons. The van der Waals surface area contributed by atoms with Crippen LogP contribution in [0.1, 0.15) is 38.3 Å². The van der Waals surface area contributed by atoms with Crippen LogP contribution in [0.2, 0.25) is 0 Å². The van der Waals surface area contributed by atoms with Crippen molar-refractivity contribution in [2.75, 3.05) is 12.1 Å². The number of nitrogens with one attached hydrogen (secondary N) is 1. The average molecular weight is 379 g/mol. The van der Waals surface area contributed by atoms with Crippen LogP contribution in [0.15, 0.2) is 59.7 Å². The second kappa shape index (κ2) is 8.69. The van der Waals surface area contributed by atoms with Crippen LogP contribution in [0.5, 0.6) is 5.75 Å². The number of ether oxygens (including phenoxy) is 1. The number of anilines is 1. The van der Waals surface area contributed by atoms with Gasteiger partial charge in [0, 0.05) is 12.8 Å². The van der Waals surface area contributed by atoms with Crippen molar-refractivity contribution >= 4 is 23.2 Å². The van der Waals surface area contributed by atoms with E-state index in [1.54, 1.807) is 19.2 Å². The van der Waals surface area contributed by atoms with Gasteiger partial charge in [-0.3, -0.25) is 9.59 Å². The van der Waals surface area contributed by atoms with Crippen molar-refractivity contribution in [2.24, 2.45) is 11.0 Å². The van der Waals surface area contributed by atoms with Gasteiger partial charge in [-0.25, -0.2) is 5.01 Å². The molecule has 146 valence electrons. The smallest absolute Gasteiger partial charge is 0.268 e. The molecule has 28 heavy (non-hydrogen) atoms. The third-order valence-corrected chi connectivity index (χ3v) is 4.72. The van der Waals surface area contributed by atoms with E-state index in [0.29, 0.717) is 17.8 Å². The summed E-state index contributed by atoms with van der Waals surface area (Å²) < 4.78 is 5.21. The van der Waals surface area contributed by atoms with E-state index >= 15 is 0 Å². The molecule has 0 spiro atoms. The molecule has 1 heterocycles. The first-order chi connectivity index (χ1) is 13.5. The third kappa shape index (κ3) is 4.39. The molecule has 6 heteroatoms. The van der Waals surface area contributed by atoms with Crippen molar-refractivity contribution in [1.29, 1.82) is 0 Å². The average Bonchev–Trinajstić information content (AvgIpc) is 2.72. The zero-order chi connectivity index (χ0) is 20.1. The summed E-state index contributed by atoms with van der Waals surface area (Å²) in [4.78, 5) is 25.1. The summed E-state index contributed by atoms with van der Waals surface area (Å²) in [5.41, 5.74) is 2.02. The van der Waals surface area contributed by atoms with Gasteiger partial charge in [-0.1, -0.05) is 44.2 Å². The van der Waals surface area contributed by atoms with E-state index in [4.69, 9.17) is 4.74 Å². The summed E-state index contributed by atoms with van der Waals surface area (Å²) in [5, 5.41) is 8.73.